The van der Waals surface area contributed by atoms with E-state index in [1.807, 2.05) is 0 Å². The zero-order valence-electron chi connectivity index (χ0n) is 9.94. The Bertz CT molecular complexity index is 796. The molecule has 0 fully saturated rings. The quantitative estimate of drug-likeness (QED) is 0.805. The molecule has 1 aromatic heterocycles. The minimum absolute atomic E-state index is 0.0657. The van der Waals surface area contributed by atoms with Crippen molar-refractivity contribution >= 4 is 15.8 Å². The first-order chi connectivity index (χ1) is 8.82. The molecule has 100 valence electrons. The Morgan fingerprint density at radius 2 is 2.00 bits per heavy atom. The number of aryl methyl sites for hydroxylation is 1. The fourth-order valence-corrected chi connectivity index (χ4v) is 2.98. The van der Waals surface area contributed by atoms with E-state index in [2.05, 4.69) is 4.98 Å². The molecule has 0 saturated heterocycles. The Balaban J connectivity index is 2.72. The second-order valence-electron chi connectivity index (χ2n) is 3.89. The summed E-state index contributed by atoms with van der Waals surface area (Å²) in [6.45, 7) is 1.56. The van der Waals surface area contributed by atoms with Crippen molar-refractivity contribution in [3.8, 4) is 5.75 Å². The highest BCUT2D eigenvalue weighted by Gasteiger charge is 2.21. The topological polar surface area (TPSA) is 115 Å². The van der Waals surface area contributed by atoms with Gasteiger partial charge in [-0.05, 0) is 24.6 Å². The van der Waals surface area contributed by atoms with Crippen LogP contribution in [0.2, 0.25) is 0 Å². The maximum Gasteiger partial charge on any atom is 0.363 e. The van der Waals surface area contributed by atoms with Gasteiger partial charge in [-0.25, -0.2) is 13.2 Å². The molecule has 7 nitrogen and oxygen atoms in total. The van der Waals surface area contributed by atoms with Crippen molar-refractivity contribution in [2.45, 2.75) is 11.8 Å². The highest BCUT2D eigenvalue weighted by atomic mass is 32.2. The Kier molecular flexibility index (Phi) is 3.03. The number of nitrogens with zero attached hydrogens (tertiary/aromatic N) is 2. The van der Waals surface area contributed by atoms with Crippen molar-refractivity contribution in [2.75, 3.05) is 5.73 Å². The number of rotatable bonds is 2. The summed E-state index contributed by atoms with van der Waals surface area (Å²) in [4.78, 5) is 14.8. The molecule has 19 heavy (non-hydrogen) atoms. The van der Waals surface area contributed by atoms with Gasteiger partial charge in [0.15, 0.2) is 0 Å². The number of anilines is 1. The fourth-order valence-electron chi connectivity index (χ4n) is 1.56. The van der Waals surface area contributed by atoms with E-state index in [4.69, 9.17) is 5.73 Å². The number of aromatic hydroxyl groups is 1. The second-order valence-corrected chi connectivity index (χ2v) is 5.67. The molecule has 0 atom stereocenters. The van der Waals surface area contributed by atoms with Crippen molar-refractivity contribution in [1.29, 1.82) is 0 Å². The average Bonchev–Trinajstić information content (AvgIpc) is 2.31. The first kappa shape index (κ1) is 13.1. The Morgan fingerprint density at radius 3 is 2.63 bits per heavy atom. The fraction of sp³-hybridized carbons (Fsp3) is 0.0909. The van der Waals surface area contributed by atoms with Crippen LogP contribution < -0.4 is 11.4 Å². The van der Waals surface area contributed by atoms with Crippen LogP contribution >= 0.6 is 0 Å². The minimum atomic E-state index is -4.11. The van der Waals surface area contributed by atoms with E-state index < -0.39 is 15.7 Å². The largest absolute Gasteiger partial charge is 0.508 e. The van der Waals surface area contributed by atoms with Gasteiger partial charge < -0.3 is 10.8 Å². The van der Waals surface area contributed by atoms with E-state index in [0.717, 1.165) is 12.3 Å². The Labute approximate surface area is 109 Å². The van der Waals surface area contributed by atoms with Crippen LogP contribution in [0.1, 0.15) is 5.56 Å². The molecule has 0 radical (unpaired) electrons. The van der Waals surface area contributed by atoms with Gasteiger partial charge in [0, 0.05) is 12.3 Å². The molecule has 0 aliphatic carbocycles. The van der Waals surface area contributed by atoms with E-state index in [1.54, 1.807) is 6.92 Å². The number of phenolic OH excluding ortho intramolecular Hbond substituents is 1. The third kappa shape index (κ3) is 2.29. The number of nitrogens with two attached hydrogens (primary N) is 1. The van der Waals surface area contributed by atoms with Gasteiger partial charge >= 0.3 is 5.69 Å². The van der Waals surface area contributed by atoms with E-state index in [9.17, 15) is 18.3 Å². The summed E-state index contributed by atoms with van der Waals surface area (Å²) in [7, 11) is -4.11. The van der Waals surface area contributed by atoms with Crippen LogP contribution in [-0.2, 0) is 10.0 Å². The average molecular weight is 281 g/mol. The lowest BCUT2D eigenvalue weighted by Crippen LogP contribution is -2.29. The van der Waals surface area contributed by atoms with Crippen molar-refractivity contribution in [3.05, 3.63) is 46.5 Å². The van der Waals surface area contributed by atoms with Crippen LogP contribution in [0.15, 0.2) is 40.2 Å². The third-order valence-corrected chi connectivity index (χ3v) is 4.29. The molecule has 1 heterocycles. The van der Waals surface area contributed by atoms with Crippen molar-refractivity contribution in [3.63, 3.8) is 0 Å². The van der Waals surface area contributed by atoms with Crippen LogP contribution in [0.4, 0.5) is 5.82 Å². The molecule has 0 spiro atoms. The molecular weight excluding hydrogens is 270 g/mol. The summed E-state index contributed by atoms with van der Waals surface area (Å²) in [6, 6.07) is 5.08. The normalized spacial score (nSPS) is 11.4. The van der Waals surface area contributed by atoms with Crippen LogP contribution in [0.25, 0.3) is 0 Å². The maximum absolute atomic E-state index is 12.3. The Morgan fingerprint density at radius 1 is 1.32 bits per heavy atom. The summed E-state index contributed by atoms with van der Waals surface area (Å²) >= 11 is 0. The first-order valence-corrected chi connectivity index (χ1v) is 6.67. The number of hydrogen-bond acceptors (Lipinski definition) is 6. The predicted molar refractivity (Wildman–Crippen MR) is 68.3 cm³/mol. The molecule has 0 aliphatic rings. The van der Waals surface area contributed by atoms with Crippen LogP contribution in [0.3, 0.4) is 0 Å². The van der Waals surface area contributed by atoms with E-state index >= 15 is 0 Å². The molecule has 2 aromatic rings. The van der Waals surface area contributed by atoms with Crippen LogP contribution in [-0.4, -0.2) is 22.5 Å². The van der Waals surface area contributed by atoms with Crippen molar-refractivity contribution in [1.82, 2.24) is 8.96 Å². The van der Waals surface area contributed by atoms with Gasteiger partial charge in [0.25, 0.3) is 10.0 Å². The van der Waals surface area contributed by atoms with Gasteiger partial charge in [-0.2, -0.15) is 8.96 Å². The third-order valence-electron chi connectivity index (χ3n) is 2.50. The lowest BCUT2D eigenvalue weighted by Gasteiger charge is -2.09. The molecule has 0 unspecified atom stereocenters. The lowest BCUT2D eigenvalue weighted by molar-refractivity contribution is 0.472. The van der Waals surface area contributed by atoms with Gasteiger partial charge in [-0.3, -0.25) is 0 Å². The van der Waals surface area contributed by atoms with Gasteiger partial charge in [-0.15, -0.1) is 0 Å². The zero-order valence-corrected chi connectivity index (χ0v) is 10.8. The Hall–Kier alpha value is -2.35. The summed E-state index contributed by atoms with van der Waals surface area (Å²) in [5.41, 5.74) is 4.71. The van der Waals surface area contributed by atoms with E-state index in [1.165, 1.54) is 18.2 Å². The summed E-state index contributed by atoms with van der Waals surface area (Å²) in [5.74, 6) is -0.273. The zero-order chi connectivity index (χ0) is 14.2. The first-order valence-electron chi connectivity index (χ1n) is 5.23. The number of benzene rings is 1. The molecule has 0 aliphatic heterocycles. The van der Waals surface area contributed by atoms with Crippen molar-refractivity contribution in [2.24, 2.45) is 0 Å². The van der Waals surface area contributed by atoms with Crippen LogP contribution in [0, 0.1) is 6.92 Å². The molecule has 2 rings (SSSR count). The van der Waals surface area contributed by atoms with Gasteiger partial charge in [-0.1, -0.05) is 6.07 Å². The number of phenols is 1. The molecule has 3 N–H and O–H groups in total. The summed E-state index contributed by atoms with van der Waals surface area (Å²) in [5, 5.41) is 9.37. The van der Waals surface area contributed by atoms with Crippen molar-refractivity contribution < 1.29 is 13.5 Å². The monoisotopic (exact) mass is 281 g/mol. The molecule has 0 bridgehead atoms. The standard InChI is InChI=1S/C11H11N3O4S/c1-7-2-3-8(15)6-9(7)19(17,18)14-5-4-10(12)13-11(14)16/h2-6,15H,1H3,(H2,12,13,16). The van der Waals surface area contributed by atoms with Crippen LogP contribution in [0.5, 0.6) is 5.75 Å². The van der Waals surface area contributed by atoms with E-state index in [-0.39, 0.29) is 16.5 Å². The summed E-state index contributed by atoms with van der Waals surface area (Å²) < 4.78 is 25.1. The second kappa shape index (κ2) is 4.39. The van der Waals surface area contributed by atoms with E-state index in [0.29, 0.717) is 9.54 Å². The number of aromatic nitrogens is 2. The smallest absolute Gasteiger partial charge is 0.363 e. The predicted octanol–water partition coefficient (Wildman–Crippen LogP) is 0.0765. The maximum atomic E-state index is 12.3. The molecule has 0 saturated carbocycles. The van der Waals surface area contributed by atoms with Gasteiger partial charge in [0.1, 0.15) is 11.6 Å². The van der Waals surface area contributed by atoms with Gasteiger partial charge in [0.2, 0.25) is 0 Å². The molecule has 8 heteroatoms. The van der Waals surface area contributed by atoms with Gasteiger partial charge in [0.05, 0.1) is 4.90 Å². The number of hydrogen-bond donors (Lipinski definition) is 2. The SMILES string of the molecule is Cc1ccc(O)cc1S(=O)(=O)n1ccc(N)nc1=O. The highest BCUT2D eigenvalue weighted by Crippen LogP contribution is 2.22. The minimum Gasteiger partial charge on any atom is -0.508 e. The lowest BCUT2D eigenvalue weighted by atomic mass is 10.2. The molecular formula is C11H11N3O4S. The summed E-state index contributed by atoms with van der Waals surface area (Å²) in [6.07, 6.45) is 1.03. The molecule has 1 aromatic carbocycles. The highest BCUT2D eigenvalue weighted by molar-refractivity contribution is 7.90. The molecule has 0 amide bonds. The number of nitrogen functional groups attached to an aromatic ring is 1.